The predicted molar refractivity (Wildman–Crippen MR) is 74.6 cm³/mol. The van der Waals surface area contributed by atoms with E-state index in [1.54, 1.807) is 17.6 Å². The molecule has 5 nitrogen and oxygen atoms in total. The highest BCUT2D eigenvalue weighted by Gasteiger charge is 2.06. The second-order valence-corrected chi connectivity index (χ2v) is 5.18. The first-order chi connectivity index (χ1) is 9.29. The lowest BCUT2D eigenvalue weighted by Crippen LogP contribution is -2.13. The minimum Gasteiger partial charge on any atom is -0.450 e. The van der Waals surface area contributed by atoms with Crippen LogP contribution in [-0.2, 0) is 13.0 Å². The van der Waals surface area contributed by atoms with Gasteiger partial charge in [-0.15, -0.1) is 11.3 Å². The van der Waals surface area contributed by atoms with Gasteiger partial charge in [-0.1, -0.05) is 6.92 Å². The molecule has 0 aliphatic rings. The molecule has 0 amide bonds. The van der Waals surface area contributed by atoms with Crippen LogP contribution in [0.3, 0.4) is 0 Å². The zero-order valence-electron chi connectivity index (χ0n) is 11.3. The number of nitrogens with one attached hydrogen (secondary N) is 1. The molecule has 1 N–H and O–H groups in total. The van der Waals surface area contributed by atoms with Gasteiger partial charge in [-0.05, 0) is 19.9 Å². The van der Waals surface area contributed by atoms with E-state index >= 15 is 0 Å². The van der Waals surface area contributed by atoms with Crippen molar-refractivity contribution in [1.82, 2.24) is 15.3 Å². The number of aryl methyl sites for hydroxylation is 1. The summed E-state index contributed by atoms with van der Waals surface area (Å²) in [5, 5.41) is 3.27. The van der Waals surface area contributed by atoms with Crippen LogP contribution >= 0.6 is 11.3 Å². The SMILES string of the molecule is CCCNCc1coc(OCCc2scnc2C)n1. The molecule has 0 fully saturated rings. The number of ether oxygens (including phenoxy) is 1. The molecule has 0 bridgehead atoms. The third-order valence-electron chi connectivity index (χ3n) is 2.66. The quantitative estimate of drug-likeness (QED) is 0.754. The maximum Gasteiger partial charge on any atom is 0.393 e. The second-order valence-electron chi connectivity index (χ2n) is 4.24. The minimum absolute atomic E-state index is 0.343. The molecule has 2 heterocycles. The van der Waals surface area contributed by atoms with E-state index in [0.717, 1.165) is 30.8 Å². The smallest absolute Gasteiger partial charge is 0.393 e. The van der Waals surface area contributed by atoms with E-state index in [9.17, 15) is 0 Å². The molecule has 0 spiro atoms. The van der Waals surface area contributed by atoms with Gasteiger partial charge in [0.1, 0.15) is 6.26 Å². The number of aromatic nitrogens is 2. The molecule has 6 heteroatoms. The van der Waals surface area contributed by atoms with Crippen LogP contribution in [0.25, 0.3) is 0 Å². The van der Waals surface area contributed by atoms with Crippen molar-refractivity contribution in [2.24, 2.45) is 0 Å². The molecule has 2 aromatic rings. The van der Waals surface area contributed by atoms with Crippen LogP contribution in [-0.4, -0.2) is 23.1 Å². The lowest BCUT2D eigenvalue weighted by molar-refractivity contribution is 0.233. The van der Waals surface area contributed by atoms with Gasteiger partial charge in [0, 0.05) is 17.8 Å². The number of thiazole rings is 1. The number of nitrogens with zero attached hydrogens (tertiary/aromatic N) is 2. The fourth-order valence-corrected chi connectivity index (χ4v) is 2.39. The van der Waals surface area contributed by atoms with Crippen molar-refractivity contribution in [2.45, 2.75) is 33.2 Å². The first kappa shape index (κ1) is 14.0. The largest absolute Gasteiger partial charge is 0.450 e. The van der Waals surface area contributed by atoms with Crippen molar-refractivity contribution in [1.29, 1.82) is 0 Å². The standard InChI is InChI=1S/C13H19N3O2S/c1-3-5-14-7-11-8-18-13(16-11)17-6-4-12-10(2)15-9-19-12/h8-9,14H,3-7H2,1-2H3. The number of rotatable bonds is 8. The third-order valence-corrected chi connectivity index (χ3v) is 3.66. The summed E-state index contributed by atoms with van der Waals surface area (Å²) >= 11 is 1.65. The highest BCUT2D eigenvalue weighted by molar-refractivity contribution is 7.09. The molecule has 0 saturated carbocycles. The van der Waals surface area contributed by atoms with Crippen molar-refractivity contribution in [2.75, 3.05) is 13.2 Å². The Morgan fingerprint density at radius 1 is 1.47 bits per heavy atom. The lowest BCUT2D eigenvalue weighted by Gasteiger charge is -2.00. The lowest BCUT2D eigenvalue weighted by atomic mass is 10.3. The Balaban J connectivity index is 1.73. The Morgan fingerprint density at radius 2 is 2.37 bits per heavy atom. The van der Waals surface area contributed by atoms with Crippen LogP contribution in [0.15, 0.2) is 16.2 Å². The normalized spacial score (nSPS) is 10.8. The molecule has 0 saturated heterocycles. The van der Waals surface area contributed by atoms with Crippen molar-refractivity contribution in [3.8, 4) is 6.08 Å². The second kappa shape index (κ2) is 7.25. The average molecular weight is 281 g/mol. The van der Waals surface area contributed by atoms with Crippen LogP contribution < -0.4 is 10.1 Å². The molecule has 0 atom stereocenters. The molecule has 0 radical (unpaired) electrons. The van der Waals surface area contributed by atoms with Crippen LogP contribution in [0.5, 0.6) is 6.08 Å². The first-order valence-electron chi connectivity index (χ1n) is 6.46. The number of hydrogen-bond donors (Lipinski definition) is 1. The summed E-state index contributed by atoms with van der Waals surface area (Å²) < 4.78 is 10.8. The van der Waals surface area contributed by atoms with Gasteiger partial charge in [-0.2, -0.15) is 4.98 Å². The van der Waals surface area contributed by atoms with Crippen LogP contribution in [0.1, 0.15) is 29.6 Å². The van der Waals surface area contributed by atoms with E-state index in [-0.39, 0.29) is 0 Å². The maximum absolute atomic E-state index is 5.49. The van der Waals surface area contributed by atoms with Crippen molar-refractivity contribution >= 4 is 11.3 Å². The van der Waals surface area contributed by atoms with E-state index in [4.69, 9.17) is 9.15 Å². The average Bonchev–Trinajstić information content (AvgIpc) is 3.00. The Morgan fingerprint density at radius 3 is 3.11 bits per heavy atom. The van der Waals surface area contributed by atoms with Crippen LogP contribution in [0, 0.1) is 6.92 Å². The Kier molecular flexibility index (Phi) is 5.35. The summed E-state index contributed by atoms with van der Waals surface area (Å²) in [5.74, 6) is 0. The van der Waals surface area contributed by atoms with Crippen molar-refractivity contribution in [3.05, 3.63) is 28.0 Å². The first-order valence-corrected chi connectivity index (χ1v) is 7.34. The summed E-state index contributed by atoms with van der Waals surface area (Å²) in [7, 11) is 0. The molecule has 0 aliphatic heterocycles. The van der Waals surface area contributed by atoms with E-state index in [0.29, 0.717) is 19.2 Å². The number of oxazole rings is 1. The summed E-state index contributed by atoms with van der Waals surface area (Å²) in [6.45, 7) is 6.40. The van der Waals surface area contributed by atoms with Gasteiger partial charge in [0.15, 0.2) is 0 Å². The topological polar surface area (TPSA) is 60.2 Å². The van der Waals surface area contributed by atoms with Gasteiger partial charge < -0.3 is 14.5 Å². The Labute approximate surface area is 117 Å². The van der Waals surface area contributed by atoms with Gasteiger partial charge in [0.25, 0.3) is 0 Å². The zero-order valence-corrected chi connectivity index (χ0v) is 12.1. The van der Waals surface area contributed by atoms with Crippen LogP contribution in [0.4, 0.5) is 0 Å². The molecule has 2 rings (SSSR count). The van der Waals surface area contributed by atoms with Gasteiger partial charge in [-0.25, -0.2) is 4.98 Å². The molecule has 104 valence electrons. The van der Waals surface area contributed by atoms with Crippen molar-refractivity contribution < 1.29 is 9.15 Å². The monoisotopic (exact) mass is 281 g/mol. The Bertz CT molecular complexity index is 496. The molecule has 0 aromatic carbocycles. The molecule has 19 heavy (non-hydrogen) atoms. The minimum atomic E-state index is 0.343. The fourth-order valence-electron chi connectivity index (χ4n) is 1.63. The predicted octanol–water partition coefficient (Wildman–Crippen LogP) is 2.56. The van der Waals surface area contributed by atoms with Crippen LogP contribution in [0.2, 0.25) is 0 Å². The number of hydrogen-bond acceptors (Lipinski definition) is 6. The zero-order chi connectivity index (χ0) is 13.5. The summed E-state index contributed by atoms with van der Waals surface area (Å²) in [5.41, 5.74) is 3.80. The molecule has 0 aliphatic carbocycles. The van der Waals surface area contributed by atoms with Gasteiger partial charge in [0.2, 0.25) is 0 Å². The van der Waals surface area contributed by atoms with E-state index in [2.05, 4.69) is 22.2 Å². The highest BCUT2D eigenvalue weighted by atomic mass is 32.1. The molecule has 0 unspecified atom stereocenters. The molecular weight excluding hydrogens is 262 g/mol. The summed E-state index contributed by atoms with van der Waals surface area (Å²) in [6, 6.07) is 0. The fraction of sp³-hybridized carbons (Fsp3) is 0.538. The van der Waals surface area contributed by atoms with Gasteiger partial charge >= 0.3 is 6.08 Å². The Hall–Kier alpha value is -1.40. The summed E-state index contributed by atoms with van der Waals surface area (Å²) in [4.78, 5) is 9.71. The van der Waals surface area contributed by atoms with Crippen molar-refractivity contribution in [3.63, 3.8) is 0 Å². The molecule has 2 aromatic heterocycles. The summed E-state index contributed by atoms with van der Waals surface area (Å²) in [6.07, 6.45) is 3.92. The van der Waals surface area contributed by atoms with E-state index in [1.165, 1.54) is 4.88 Å². The van der Waals surface area contributed by atoms with E-state index in [1.807, 2.05) is 12.4 Å². The highest BCUT2D eigenvalue weighted by Crippen LogP contribution is 2.14. The third kappa shape index (κ3) is 4.33. The molecular formula is C13H19N3O2S. The van der Waals surface area contributed by atoms with E-state index < -0.39 is 0 Å². The van der Waals surface area contributed by atoms with Gasteiger partial charge in [-0.3, -0.25) is 0 Å². The van der Waals surface area contributed by atoms with Gasteiger partial charge in [0.05, 0.1) is 23.5 Å². The maximum atomic E-state index is 5.49.